The molecule has 2 N–H and O–H groups in total. The highest BCUT2D eigenvalue weighted by Gasteiger charge is 2.56. The van der Waals surface area contributed by atoms with Crippen LogP contribution in [0, 0.1) is 12.8 Å². The molecule has 3 heterocycles. The number of carbonyl (C=O) groups is 4. The summed E-state index contributed by atoms with van der Waals surface area (Å²) in [6, 6.07) is 18.6. The average Bonchev–Trinajstić information content (AvgIpc) is 3.55. The molecule has 0 spiro atoms. The number of esters is 1. The van der Waals surface area contributed by atoms with Crippen molar-refractivity contribution in [3.05, 3.63) is 98.0 Å². The molecule has 1 saturated heterocycles. The van der Waals surface area contributed by atoms with Crippen molar-refractivity contribution in [3.8, 4) is 11.5 Å². The number of benzene rings is 3. The maximum Gasteiger partial charge on any atom is 0.338 e. The molecule has 0 radical (unpaired) electrons. The van der Waals surface area contributed by atoms with E-state index in [1.54, 1.807) is 49.4 Å². The topological polar surface area (TPSA) is 144 Å². The number of aromatic amines is 1. The summed E-state index contributed by atoms with van der Waals surface area (Å²) in [5, 5.41) is 2.52. The number of aromatic nitrogens is 1. The van der Waals surface area contributed by atoms with E-state index in [0.717, 1.165) is 21.8 Å². The Bertz CT molecular complexity index is 1880. The van der Waals surface area contributed by atoms with Crippen molar-refractivity contribution in [2.75, 3.05) is 30.5 Å². The molecule has 11 nitrogen and oxygen atoms in total. The Morgan fingerprint density at radius 1 is 0.957 bits per heavy atom. The minimum atomic E-state index is -0.821. The number of thiazole rings is 1. The Morgan fingerprint density at radius 2 is 1.70 bits per heavy atom. The van der Waals surface area contributed by atoms with Gasteiger partial charge in [-0.05, 0) is 67.9 Å². The van der Waals surface area contributed by atoms with Crippen LogP contribution in [-0.2, 0) is 19.1 Å². The van der Waals surface area contributed by atoms with E-state index in [-0.39, 0.29) is 24.0 Å². The second-order valence-corrected chi connectivity index (χ2v) is 12.8. The van der Waals surface area contributed by atoms with Crippen LogP contribution in [0.3, 0.4) is 0 Å². The van der Waals surface area contributed by atoms with E-state index in [2.05, 4.69) is 10.3 Å². The lowest BCUT2D eigenvalue weighted by molar-refractivity contribution is -0.122. The van der Waals surface area contributed by atoms with Crippen LogP contribution in [-0.4, -0.2) is 54.2 Å². The quantitative estimate of drug-likeness (QED) is 0.192. The van der Waals surface area contributed by atoms with Crippen LogP contribution >= 0.6 is 23.1 Å². The molecule has 0 saturated carbocycles. The van der Waals surface area contributed by atoms with Gasteiger partial charge in [0.1, 0.15) is 5.25 Å². The Hall–Kier alpha value is -4.88. The fraction of sp³-hybridized carbons (Fsp3) is 0.242. The van der Waals surface area contributed by atoms with Crippen molar-refractivity contribution in [1.29, 1.82) is 0 Å². The van der Waals surface area contributed by atoms with Gasteiger partial charge in [-0.1, -0.05) is 46.9 Å². The van der Waals surface area contributed by atoms with Crippen LogP contribution in [0.4, 0.5) is 11.4 Å². The van der Waals surface area contributed by atoms with Crippen molar-refractivity contribution in [3.63, 3.8) is 0 Å². The van der Waals surface area contributed by atoms with E-state index in [4.69, 9.17) is 14.2 Å². The van der Waals surface area contributed by atoms with Crippen molar-refractivity contribution in [1.82, 2.24) is 4.98 Å². The normalized spacial score (nSPS) is 18.5. The van der Waals surface area contributed by atoms with Gasteiger partial charge in [0.15, 0.2) is 18.1 Å². The highest BCUT2D eigenvalue weighted by Crippen LogP contribution is 2.53. The Morgan fingerprint density at radius 3 is 2.39 bits per heavy atom. The smallest absolute Gasteiger partial charge is 0.338 e. The lowest BCUT2D eigenvalue weighted by Crippen LogP contribution is -2.32. The van der Waals surface area contributed by atoms with Gasteiger partial charge in [0, 0.05) is 16.5 Å². The van der Waals surface area contributed by atoms with Crippen molar-refractivity contribution in [2.24, 2.45) is 5.92 Å². The molecule has 2 aliphatic heterocycles. The third kappa shape index (κ3) is 5.90. The van der Waals surface area contributed by atoms with Gasteiger partial charge in [0.2, 0.25) is 11.8 Å². The summed E-state index contributed by atoms with van der Waals surface area (Å²) in [7, 11) is 1.46. The molecule has 1 aromatic heterocycles. The van der Waals surface area contributed by atoms with Crippen LogP contribution in [0.1, 0.15) is 39.2 Å². The molecule has 1 fully saturated rings. The van der Waals surface area contributed by atoms with Crippen LogP contribution in [0.15, 0.2) is 76.6 Å². The molecule has 46 heavy (non-hydrogen) atoms. The molecule has 2 aliphatic rings. The van der Waals surface area contributed by atoms with E-state index in [9.17, 15) is 24.0 Å². The zero-order valence-electron chi connectivity index (χ0n) is 25.0. The second kappa shape index (κ2) is 12.9. The molecule has 6 rings (SSSR count). The summed E-state index contributed by atoms with van der Waals surface area (Å²) in [4.78, 5) is 69.3. The zero-order chi connectivity index (χ0) is 32.5. The number of aryl methyl sites for hydroxylation is 1. The molecule has 0 aliphatic carbocycles. The molecule has 3 unspecified atom stereocenters. The lowest BCUT2D eigenvalue weighted by atomic mass is 9.83. The first-order chi connectivity index (χ1) is 22.2. The number of fused-ring (bicyclic) bond motifs is 2. The van der Waals surface area contributed by atoms with Gasteiger partial charge in [-0.2, -0.15) is 0 Å². The summed E-state index contributed by atoms with van der Waals surface area (Å²) >= 11 is 2.16. The number of ether oxygens (including phenoxy) is 3. The summed E-state index contributed by atoms with van der Waals surface area (Å²) < 4.78 is 16.4. The summed E-state index contributed by atoms with van der Waals surface area (Å²) in [6.07, 6.45) is 0. The first kappa shape index (κ1) is 31.1. The van der Waals surface area contributed by atoms with Crippen molar-refractivity contribution < 1.29 is 33.4 Å². The summed E-state index contributed by atoms with van der Waals surface area (Å²) in [5.41, 5.74) is 2.99. The number of H-pyrrole nitrogens is 1. The summed E-state index contributed by atoms with van der Waals surface area (Å²) in [5.74, 6) is -2.52. The zero-order valence-corrected chi connectivity index (χ0v) is 26.7. The predicted molar refractivity (Wildman–Crippen MR) is 173 cm³/mol. The third-order valence-electron chi connectivity index (χ3n) is 7.70. The van der Waals surface area contributed by atoms with E-state index >= 15 is 0 Å². The molecule has 13 heteroatoms. The lowest BCUT2D eigenvalue weighted by Gasteiger charge is -2.30. The minimum Gasteiger partial charge on any atom is -0.493 e. The number of rotatable bonds is 9. The Labute approximate surface area is 271 Å². The third-order valence-corrected chi connectivity index (χ3v) is 10.1. The van der Waals surface area contributed by atoms with E-state index in [1.807, 2.05) is 19.1 Å². The molecule has 4 aromatic rings. The van der Waals surface area contributed by atoms with Crippen molar-refractivity contribution in [2.45, 2.75) is 30.0 Å². The Balaban J connectivity index is 1.27. The van der Waals surface area contributed by atoms with Gasteiger partial charge in [0.05, 0.1) is 35.9 Å². The summed E-state index contributed by atoms with van der Waals surface area (Å²) in [6.45, 7) is 3.61. The predicted octanol–water partition coefficient (Wildman–Crippen LogP) is 4.74. The number of methoxy groups -OCH3 is 1. The number of carbonyl (C=O) groups excluding carboxylic acids is 4. The fourth-order valence-corrected chi connectivity index (χ4v) is 8.08. The van der Waals surface area contributed by atoms with Crippen LogP contribution in [0.2, 0.25) is 0 Å². The van der Waals surface area contributed by atoms with Crippen LogP contribution in [0.5, 0.6) is 11.5 Å². The van der Waals surface area contributed by atoms with Crippen molar-refractivity contribution >= 4 is 58.2 Å². The number of nitrogens with zero attached hydrogens (tertiary/aromatic N) is 1. The molecule has 3 atom stereocenters. The standard InChI is InChI=1S/C33H29N3O8S2/c1-4-43-32(40)18-7-12-21(13-8-18)36-30(38)26-25(27-29(35-33(41)46-27)45-28(26)31(36)39)19-9-14-22(23(15-19)42-3)44-16-24(37)34-20-10-5-17(2)6-11-20/h5-15,25-26,28H,4,16H2,1-3H3,(H,34,37)(H,35,41). The average molecular weight is 660 g/mol. The monoisotopic (exact) mass is 659 g/mol. The number of amides is 3. The van der Waals surface area contributed by atoms with Gasteiger partial charge in [0.25, 0.3) is 5.91 Å². The number of anilines is 2. The first-order valence-corrected chi connectivity index (χ1v) is 16.1. The molecule has 236 valence electrons. The van der Waals surface area contributed by atoms with Gasteiger partial charge in [-0.15, -0.1) is 0 Å². The van der Waals surface area contributed by atoms with Gasteiger partial charge >= 0.3 is 10.8 Å². The maximum atomic E-state index is 14.1. The SMILES string of the molecule is CCOC(=O)c1ccc(N2C(=O)C3Sc4[nH]c(=O)sc4C(c4ccc(OCC(=O)Nc5ccc(C)cc5)c(OC)c4)C3C2=O)cc1. The molecular formula is C33H29N3O8S2. The number of hydrogen-bond donors (Lipinski definition) is 2. The Kier molecular flexibility index (Phi) is 8.69. The van der Waals surface area contributed by atoms with Crippen LogP contribution < -0.4 is 24.6 Å². The molecule has 0 bridgehead atoms. The number of hydrogen-bond acceptors (Lipinski definition) is 10. The van der Waals surface area contributed by atoms with E-state index < -0.39 is 34.9 Å². The maximum absolute atomic E-state index is 14.1. The van der Waals surface area contributed by atoms with Crippen LogP contribution in [0.25, 0.3) is 0 Å². The second-order valence-electron chi connectivity index (χ2n) is 10.6. The number of imide groups is 1. The number of nitrogens with one attached hydrogen (secondary N) is 2. The largest absolute Gasteiger partial charge is 0.493 e. The minimum absolute atomic E-state index is 0.221. The highest BCUT2D eigenvalue weighted by molar-refractivity contribution is 8.00. The fourth-order valence-electron chi connectivity index (χ4n) is 5.57. The van der Waals surface area contributed by atoms with E-state index in [1.165, 1.54) is 31.0 Å². The van der Waals surface area contributed by atoms with Gasteiger partial charge < -0.3 is 24.5 Å². The molecular weight excluding hydrogens is 631 g/mol. The van der Waals surface area contributed by atoms with Gasteiger partial charge in [-0.25, -0.2) is 9.69 Å². The molecule has 3 amide bonds. The molecule has 3 aromatic carbocycles. The number of thioether (sulfide) groups is 1. The van der Waals surface area contributed by atoms with Gasteiger partial charge in [-0.3, -0.25) is 19.2 Å². The highest BCUT2D eigenvalue weighted by atomic mass is 32.2. The van der Waals surface area contributed by atoms with E-state index in [0.29, 0.717) is 43.9 Å². The first-order valence-electron chi connectivity index (χ1n) is 14.4.